The number of nitrogens with one attached hydrogen (secondary N) is 1. The fraction of sp³-hybridized carbons (Fsp3) is 0.250. The van der Waals surface area contributed by atoms with Crippen LogP contribution in [0.1, 0.15) is 11.4 Å². The molecule has 1 aromatic carbocycles. The van der Waals surface area contributed by atoms with Crippen molar-refractivity contribution in [2.45, 2.75) is 20.4 Å². The zero-order valence-corrected chi connectivity index (χ0v) is 13.2. The lowest BCUT2D eigenvalue weighted by atomic mass is 10.3. The Morgan fingerprint density at radius 1 is 1.22 bits per heavy atom. The number of rotatable bonds is 4. The Labute approximate surface area is 133 Å². The number of fused-ring (bicyclic) bond motifs is 1. The molecule has 0 aliphatic heterocycles. The molecule has 0 saturated heterocycles. The number of carbonyl (C=O) groups is 1. The molecule has 7 nitrogen and oxygen atoms in total. The van der Waals surface area contributed by atoms with Crippen LogP contribution in [0.2, 0.25) is 0 Å². The molecule has 0 aliphatic rings. The number of anilines is 1. The summed E-state index contributed by atoms with van der Waals surface area (Å²) in [4.78, 5) is 25.0. The van der Waals surface area contributed by atoms with Crippen molar-refractivity contribution in [1.82, 2.24) is 19.5 Å². The smallest absolute Gasteiger partial charge is 0.316 e. The third-order valence-corrected chi connectivity index (χ3v) is 3.54. The van der Waals surface area contributed by atoms with Crippen LogP contribution < -0.4 is 10.1 Å². The fourth-order valence-corrected chi connectivity index (χ4v) is 2.43. The molecule has 1 amide bonds. The monoisotopic (exact) mass is 311 g/mol. The summed E-state index contributed by atoms with van der Waals surface area (Å²) < 4.78 is 6.83. The second kappa shape index (κ2) is 6.04. The van der Waals surface area contributed by atoms with E-state index in [1.54, 1.807) is 24.7 Å². The van der Waals surface area contributed by atoms with Crippen molar-refractivity contribution in [1.29, 1.82) is 0 Å². The first-order chi connectivity index (χ1) is 11.1. The molecule has 0 fully saturated rings. The quantitative estimate of drug-likeness (QED) is 0.798. The minimum atomic E-state index is -0.159. The molecule has 23 heavy (non-hydrogen) atoms. The van der Waals surface area contributed by atoms with Crippen LogP contribution >= 0.6 is 0 Å². The Kier molecular flexibility index (Phi) is 3.92. The Morgan fingerprint density at radius 2 is 1.91 bits per heavy atom. The maximum absolute atomic E-state index is 12.3. The van der Waals surface area contributed by atoms with Gasteiger partial charge in [-0.15, -0.1) is 0 Å². The van der Waals surface area contributed by atoms with E-state index in [0.29, 0.717) is 23.1 Å². The molecular formula is C16H17N5O2. The van der Waals surface area contributed by atoms with Gasteiger partial charge in [0.2, 0.25) is 5.91 Å². The molecule has 1 N–H and O–H groups in total. The summed E-state index contributed by atoms with van der Waals surface area (Å²) in [5, 5.41) is 2.86. The van der Waals surface area contributed by atoms with Gasteiger partial charge in [-0.25, -0.2) is 4.98 Å². The Bertz CT molecular complexity index is 849. The molecule has 2 heterocycles. The number of aromatic nitrogens is 4. The number of hydrogen-bond donors (Lipinski definition) is 1. The summed E-state index contributed by atoms with van der Waals surface area (Å²) in [5.74, 6) is -0.159. The lowest BCUT2D eigenvalue weighted by Crippen LogP contribution is -2.20. The number of hydrogen-bond acceptors (Lipinski definition) is 5. The van der Waals surface area contributed by atoms with Crippen LogP contribution in [0.25, 0.3) is 11.0 Å². The first-order valence-corrected chi connectivity index (χ1v) is 7.17. The van der Waals surface area contributed by atoms with Crippen molar-refractivity contribution in [3.8, 4) is 6.01 Å². The summed E-state index contributed by atoms with van der Waals surface area (Å²) >= 11 is 0. The molecule has 0 radical (unpaired) electrons. The van der Waals surface area contributed by atoms with Crippen LogP contribution in [0.3, 0.4) is 0 Å². The van der Waals surface area contributed by atoms with Gasteiger partial charge >= 0.3 is 6.01 Å². The van der Waals surface area contributed by atoms with Gasteiger partial charge < -0.3 is 14.6 Å². The van der Waals surface area contributed by atoms with E-state index in [1.807, 2.05) is 24.3 Å². The van der Waals surface area contributed by atoms with Crippen molar-refractivity contribution in [2.75, 3.05) is 12.4 Å². The van der Waals surface area contributed by atoms with E-state index in [-0.39, 0.29) is 12.5 Å². The van der Waals surface area contributed by atoms with E-state index in [4.69, 9.17) is 4.74 Å². The zero-order chi connectivity index (χ0) is 16.4. The number of nitrogens with zero attached hydrogens (tertiary/aromatic N) is 4. The van der Waals surface area contributed by atoms with Crippen molar-refractivity contribution in [2.24, 2.45) is 0 Å². The second-order valence-corrected chi connectivity index (χ2v) is 5.17. The average molecular weight is 311 g/mol. The summed E-state index contributed by atoms with van der Waals surface area (Å²) in [6.07, 6.45) is 1.66. The molecule has 3 aromatic rings. The SMILES string of the molecule is COc1nc(C)c(NC(=O)Cn2cnc3ccccc32)c(C)n1. The van der Waals surface area contributed by atoms with Gasteiger partial charge in [0.05, 0.1) is 41.5 Å². The molecule has 7 heteroatoms. The van der Waals surface area contributed by atoms with Crippen LogP contribution in [-0.2, 0) is 11.3 Å². The topological polar surface area (TPSA) is 81.9 Å². The lowest BCUT2D eigenvalue weighted by Gasteiger charge is -2.12. The molecule has 0 atom stereocenters. The van der Waals surface area contributed by atoms with Crippen molar-refractivity contribution in [3.63, 3.8) is 0 Å². The highest BCUT2D eigenvalue weighted by molar-refractivity contribution is 5.92. The van der Waals surface area contributed by atoms with Crippen LogP contribution in [0.4, 0.5) is 5.69 Å². The van der Waals surface area contributed by atoms with Crippen LogP contribution in [0.5, 0.6) is 6.01 Å². The zero-order valence-electron chi connectivity index (χ0n) is 13.2. The van der Waals surface area contributed by atoms with Gasteiger partial charge in [-0.05, 0) is 26.0 Å². The first kappa shape index (κ1) is 15.0. The largest absolute Gasteiger partial charge is 0.467 e. The summed E-state index contributed by atoms with van der Waals surface area (Å²) in [5.41, 5.74) is 3.72. The first-order valence-electron chi connectivity index (χ1n) is 7.17. The van der Waals surface area contributed by atoms with Crippen molar-refractivity contribution < 1.29 is 9.53 Å². The summed E-state index contributed by atoms with van der Waals surface area (Å²) in [6.45, 7) is 3.78. The standard InChI is InChI=1S/C16H17N5O2/c1-10-15(11(2)19-16(18-10)23-3)20-14(22)8-21-9-17-12-6-4-5-7-13(12)21/h4-7,9H,8H2,1-3H3,(H,20,22). The second-order valence-electron chi connectivity index (χ2n) is 5.17. The van der Waals surface area contributed by atoms with Gasteiger partial charge in [-0.1, -0.05) is 12.1 Å². The fourth-order valence-electron chi connectivity index (χ4n) is 2.43. The molecule has 0 bridgehead atoms. The molecule has 0 unspecified atom stereocenters. The molecule has 0 aliphatic carbocycles. The third kappa shape index (κ3) is 2.98. The Hall–Kier alpha value is -2.96. The lowest BCUT2D eigenvalue weighted by molar-refractivity contribution is -0.116. The Morgan fingerprint density at radius 3 is 2.61 bits per heavy atom. The summed E-state index contributed by atoms with van der Waals surface area (Å²) in [7, 11) is 1.51. The molecule has 0 saturated carbocycles. The number of benzene rings is 1. The summed E-state index contributed by atoms with van der Waals surface area (Å²) in [6, 6.07) is 7.97. The number of para-hydroxylation sites is 2. The highest BCUT2D eigenvalue weighted by atomic mass is 16.5. The van der Waals surface area contributed by atoms with Crippen LogP contribution in [-0.4, -0.2) is 32.5 Å². The minimum absolute atomic E-state index is 0.159. The number of carbonyl (C=O) groups excluding carboxylic acids is 1. The van der Waals surface area contributed by atoms with E-state index in [0.717, 1.165) is 11.0 Å². The molecule has 3 rings (SSSR count). The van der Waals surface area contributed by atoms with Crippen LogP contribution in [0.15, 0.2) is 30.6 Å². The maximum Gasteiger partial charge on any atom is 0.316 e. The normalized spacial score (nSPS) is 10.7. The van der Waals surface area contributed by atoms with Gasteiger partial charge in [-0.2, -0.15) is 9.97 Å². The highest BCUT2D eigenvalue weighted by Gasteiger charge is 2.13. The number of methoxy groups -OCH3 is 1. The Balaban J connectivity index is 1.80. The van der Waals surface area contributed by atoms with Gasteiger partial charge in [-0.3, -0.25) is 4.79 Å². The number of amides is 1. The van der Waals surface area contributed by atoms with Crippen LogP contribution in [0, 0.1) is 13.8 Å². The highest BCUT2D eigenvalue weighted by Crippen LogP contribution is 2.19. The average Bonchev–Trinajstić information content (AvgIpc) is 2.94. The molecule has 2 aromatic heterocycles. The molecular weight excluding hydrogens is 294 g/mol. The van der Waals surface area contributed by atoms with Gasteiger partial charge in [0.25, 0.3) is 0 Å². The maximum atomic E-state index is 12.3. The van der Waals surface area contributed by atoms with Gasteiger partial charge in [0.1, 0.15) is 6.54 Å². The molecule has 118 valence electrons. The van der Waals surface area contributed by atoms with E-state index in [2.05, 4.69) is 20.3 Å². The number of imidazole rings is 1. The van der Waals surface area contributed by atoms with Gasteiger partial charge in [0.15, 0.2) is 0 Å². The van der Waals surface area contributed by atoms with Crippen molar-refractivity contribution >= 4 is 22.6 Å². The predicted molar refractivity (Wildman–Crippen MR) is 86.4 cm³/mol. The van der Waals surface area contributed by atoms with E-state index < -0.39 is 0 Å². The van der Waals surface area contributed by atoms with Crippen molar-refractivity contribution in [3.05, 3.63) is 42.0 Å². The molecule has 0 spiro atoms. The number of ether oxygens (including phenoxy) is 1. The van der Waals surface area contributed by atoms with Gasteiger partial charge in [0, 0.05) is 0 Å². The predicted octanol–water partition coefficient (Wildman–Crippen LogP) is 2.09. The van der Waals surface area contributed by atoms with E-state index >= 15 is 0 Å². The minimum Gasteiger partial charge on any atom is -0.467 e. The van der Waals surface area contributed by atoms with E-state index in [9.17, 15) is 4.79 Å². The van der Waals surface area contributed by atoms with E-state index in [1.165, 1.54) is 7.11 Å². The number of aryl methyl sites for hydroxylation is 2. The third-order valence-electron chi connectivity index (χ3n) is 3.54.